The van der Waals surface area contributed by atoms with E-state index in [1.807, 2.05) is 12.1 Å². The van der Waals surface area contributed by atoms with Gasteiger partial charge in [0, 0.05) is 31.7 Å². The topological polar surface area (TPSA) is 6.48 Å². The predicted octanol–water partition coefficient (Wildman–Crippen LogP) is 3.79. The van der Waals surface area contributed by atoms with E-state index in [1.165, 1.54) is 50.8 Å². The summed E-state index contributed by atoms with van der Waals surface area (Å²) in [6.45, 7) is 4.53. The molecule has 120 valence electrons. The van der Waals surface area contributed by atoms with Crippen molar-refractivity contribution in [3.05, 3.63) is 41.7 Å². The average molecular weight is 302 g/mol. The number of halogens is 1. The van der Waals surface area contributed by atoms with E-state index >= 15 is 0 Å². The summed E-state index contributed by atoms with van der Waals surface area (Å²) in [4.78, 5) is 5.18. The monoisotopic (exact) mass is 302 g/mol. The molecule has 1 aromatic rings. The molecule has 0 amide bonds. The van der Waals surface area contributed by atoms with Gasteiger partial charge in [0.15, 0.2) is 0 Å². The maximum atomic E-state index is 12.9. The zero-order chi connectivity index (χ0) is 15.4. The summed E-state index contributed by atoms with van der Waals surface area (Å²) in [7, 11) is 2.25. The van der Waals surface area contributed by atoms with Crippen LogP contribution in [0.1, 0.15) is 37.7 Å². The molecule has 3 rings (SSSR count). The van der Waals surface area contributed by atoms with Crippen LogP contribution in [0.3, 0.4) is 0 Å². The normalized spacial score (nSPS) is 23.4. The number of benzene rings is 1. The summed E-state index contributed by atoms with van der Waals surface area (Å²) < 4.78 is 12.9. The first kappa shape index (κ1) is 15.7. The largest absolute Gasteiger partial charge is 0.303 e. The molecular formula is C19H27FN2. The van der Waals surface area contributed by atoms with Crippen molar-refractivity contribution in [3.63, 3.8) is 0 Å². The Balaban J connectivity index is 1.65. The molecule has 0 bridgehead atoms. The third-order valence-corrected chi connectivity index (χ3v) is 5.28. The van der Waals surface area contributed by atoms with Gasteiger partial charge in [-0.05, 0) is 37.6 Å². The molecule has 2 nitrogen and oxygen atoms in total. The minimum atomic E-state index is -0.169. The molecule has 0 N–H and O–H groups in total. The van der Waals surface area contributed by atoms with E-state index in [0.717, 1.165) is 25.2 Å². The molecule has 1 heterocycles. The van der Waals surface area contributed by atoms with Gasteiger partial charge >= 0.3 is 0 Å². The summed E-state index contributed by atoms with van der Waals surface area (Å²) >= 11 is 0. The van der Waals surface area contributed by atoms with Gasteiger partial charge in [0.25, 0.3) is 0 Å². The van der Waals surface area contributed by atoms with E-state index in [4.69, 9.17) is 0 Å². The fraction of sp³-hybridized carbons (Fsp3) is 0.579. The van der Waals surface area contributed by atoms with Gasteiger partial charge in [-0.15, -0.1) is 0 Å². The fourth-order valence-corrected chi connectivity index (χ4v) is 4.07. The molecule has 0 atom stereocenters. The van der Waals surface area contributed by atoms with Crippen LogP contribution in [0, 0.1) is 5.82 Å². The van der Waals surface area contributed by atoms with Gasteiger partial charge in [0.1, 0.15) is 5.82 Å². The van der Waals surface area contributed by atoms with Gasteiger partial charge in [0.05, 0.1) is 0 Å². The Kier molecular flexibility index (Phi) is 4.94. The van der Waals surface area contributed by atoms with Crippen molar-refractivity contribution in [3.8, 4) is 0 Å². The van der Waals surface area contributed by atoms with Crippen LogP contribution in [-0.2, 0) is 0 Å². The molecule has 1 saturated heterocycles. The molecule has 1 aliphatic heterocycles. The van der Waals surface area contributed by atoms with Gasteiger partial charge in [-0.3, -0.25) is 4.90 Å². The highest BCUT2D eigenvalue weighted by Crippen LogP contribution is 2.36. The smallest absolute Gasteiger partial charge is 0.123 e. The molecule has 1 saturated carbocycles. The van der Waals surface area contributed by atoms with E-state index in [0.29, 0.717) is 5.54 Å². The van der Waals surface area contributed by atoms with Crippen molar-refractivity contribution in [1.82, 2.24) is 9.80 Å². The second-order valence-corrected chi connectivity index (χ2v) is 6.92. The first-order valence-electron chi connectivity index (χ1n) is 8.54. The lowest BCUT2D eigenvalue weighted by molar-refractivity contribution is -0.0100. The Morgan fingerprint density at radius 3 is 2.55 bits per heavy atom. The molecule has 2 fully saturated rings. The van der Waals surface area contributed by atoms with E-state index in [-0.39, 0.29) is 5.82 Å². The van der Waals surface area contributed by atoms with Crippen LogP contribution < -0.4 is 0 Å². The quantitative estimate of drug-likeness (QED) is 0.838. The number of rotatable bonds is 3. The minimum absolute atomic E-state index is 0.169. The van der Waals surface area contributed by atoms with E-state index in [9.17, 15) is 4.39 Å². The number of likely N-dealkylation sites (N-methyl/N-ethyl adjacent to an activating group) is 1. The Morgan fingerprint density at radius 1 is 1.09 bits per heavy atom. The van der Waals surface area contributed by atoms with Crippen molar-refractivity contribution in [2.45, 2.75) is 37.6 Å². The first-order valence-corrected chi connectivity index (χ1v) is 8.54. The van der Waals surface area contributed by atoms with Crippen LogP contribution in [0.15, 0.2) is 30.3 Å². The Hall–Kier alpha value is -1.19. The maximum absolute atomic E-state index is 12.9. The highest BCUT2D eigenvalue weighted by atomic mass is 19.1. The number of piperazine rings is 1. The van der Waals surface area contributed by atoms with Crippen LogP contribution in [0.25, 0.3) is 6.08 Å². The van der Waals surface area contributed by atoms with E-state index in [1.54, 1.807) is 0 Å². The summed E-state index contributed by atoms with van der Waals surface area (Å²) in [6, 6.07) is 6.73. The molecule has 2 aliphatic rings. The second-order valence-electron chi connectivity index (χ2n) is 6.92. The minimum Gasteiger partial charge on any atom is -0.303 e. The van der Waals surface area contributed by atoms with Gasteiger partial charge in [-0.2, -0.15) is 0 Å². The second kappa shape index (κ2) is 6.93. The molecule has 1 aliphatic carbocycles. The maximum Gasteiger partial charge on any atom is 0.123 e. The molecule has 1 spiro atoms. The lowest BCUT2D eigenvalue weighted by Crippen LogP contribution is -2.62. The third kappa shape index (κ3) is 3.58. The molecule has 22 heavy (non-hydrogen) atoms. The van der Waals surface area contributed by atoms with Crippen molar-refractivity contribution in [2.24, 2.45) is 0 Å². The van der Waals surface area contributed by atoms with Crippen LogP contribution >= 0.6 is 0 Å². The van der Waals surface area contributed by atoms with Gasteiger partial charge in [-0.1, -0.05) is 43.5 Å². The highest BCUT2D eigenvalue weighted by molar-refractivity contribution is 5.49. The molecular weight excluding hydrogens is 275 g/mol. The Bertz CT molecular complexity index is 503. The Morgan fingerprint density at radius 2 is 1.82 bits per heavy atom. The summed E-state index contributed by atoms with van der Waals surface area (Å²) in [5.41, 5.74) is 1.46. The predicted molar refractivity (Wildman–Crippen MR) is 90.3 cm³/mol. The molecule has 0 aromatic heterocycles. The number of hydrogen-bond acceptors (Lipinski definition) is 2. The molecule has 0 unspecified atom stereocenters. The standard InChI is InChI=1S/C19H27FN2/c1-21-14-15-22(19(16-21)11-3-2-4-12-19)13-5-6-17-7-9-18(20)10-8-17/h5-10H,2-4,11-16H2,1H3/b6-5+. The Labute approximate surface area is 133 Å². The fourth-order valence-electron chi connectivity index (χ4n) is 4.07. The van der Waals surface area contributed by atoms with Crippen molar-refractivity contribution in [1.29, 1.82) is 0 Å². The summed E-state index contributed by atoms with van der Waals surface area (Å²) in [5.74, 6) is -0.169. The van der Waals surface area contributed by atoms with Crippen molar-refractivity contribution < 1.29 is 4.39 Å². The summed E-state index contributed by atoms with van der Waals surface area (Å²) in [5, 5.41) is 0. The molecule has 0 radical (unpaired) electrons. The number of hydrogen-bond donors (Lipinski definition) is 0. The third-order valence-electron chi connectivity index (χ3n) is 5.28. The van der Waals surface area contributed by atoms with Gasteiger partial charge in [-0.25, -0.2) is 4.39 Å². The van der Waals surface area contributed by atoms with Crippen LogP contribution in [0.4, 0.5) is 4.39 Å². The molecule has 3 heteroatoms. The van der Waals surface area contributed by atoms with E-state index < -0.39 is 0 Å². The van der Waals surface area contributed by atoms with Crippen LogP contribution in [-0.4, -0.2) is 48.6 Å². The number of nitrogens with zero attached hydrogens (tertiary/aromatic N) is 2. The zero-order valence-corrected chi connectivity index (χ0v) is 13.6. The van der Waals surface area contributed by atoms with Crippen molar-refractivity contribution >= 4 is 6.08 Å². The van der Waals surface area contributed by atoms with Crippen LogP contribution in [0.5, 0.6) is 0 Å². The lowest BCUT2D eigenvalue weighted by atomic mass is 9.78. The van der Waals surface area contributed by atoms with Gasteiger partial charge in [0.2, 0.25) is 0 Å². The average Bonchev–Trinajstić information content (AvgIpc) is 2.52. The van der Waals surface area contributed by atoms with E-state index in [2.05, 4.69) is 29.0 Å². The van der Waals surface area contributed by atoms with Gasteiger partial charge < -0.3 is 4.90 Å². The first-order chi connectivity index (χ1) is 10.7. The zero-order valence-electron chi connectivity index (χ0n) is 13.6. The highest BCUT2D eigenvalue weighted by Gasteiger charge is 2.40. The lowest BCUT2D eigenvalue weighted by Gasteiger charge is -2.52. The summed E-state index contributed by atoms with van der Waals surface area (Å²) in [6.07, 6.45) is 11.2. The van der Waals surface area contributed by atoms with Crippen molar-refractivity contribution in [2.75, 3.05) is 33.2 Å². The van der Waals surface area contributed by atoms with Crippen LogP contribution in [0.2, 0.25) is 0 Å². The molecule has 1 aromatic carbocycles. The SMILES string of the molecule is CN1CCN(C/C=C/c2ccc(F)cc2)C2(CCCCC2)C1.